The van der Waals surface area contributed by atoms with Crippen LogP contribution in [-0.2, 0) is 20.9 Å². The minimum absolute atomic E-state index is 0.248. The summed E-state index contributed by atoms with van der Waals surface area (Å²) < 4.78 is 12.6. The number of hydrogen-bond donors (Lipinski definition) is 0. The Morgan fingerprint density at radius 2 is 1.88 bits per heavy atom. The SMILES string of the molecule is COC(=O)C1=C(C)N(Cc2ccco2)C(=O)/C1=C\c1cc(C)n(-c2cccc(C)c2)c1C. The summed E-state index contributed by atoms with van der Waals surface area (Å²) >= 11 is 0. The molecule has 3 aromatic rings. The van der Waals surface area contributed by atoms with Gasteiger partial charge in [-0.3, -0.25) is 4.79 Å². The van der Waals surface area contributed by atoms with Gasteiger partial charge in [-0.15, -0.1) is 0 Å². The Morgan fingerprint density at radius 1 is 1.09 bits per heavy atom. The third kappa shape index (κ3) is 3.68. The van der Waals surface area contributed by atoms with Gasteiger partial charge in [-0.05, 0) is 75.2 Å². The van der Waals surface area contributed by atoms with E-state index in [1.165, 1.54) is 12.7 Å². The lowest BCUT2D eigenvalue weighted by atomic mass is 10.0. The van der Waals surface area contributed by atoms with Crippen molar-refractivity contribution in [2.45, 2.75) is 34.2 Å². The average Bonchev–Trinajstić information content (AvgIpc) is 3.43. The van der Waals surface area contributed by atoms with E-state index >= 15 is 0 Å². The highest BCUT2D eigenvalue weighted by Crippen LogP contribution is 2.34. The standard InChI is InChI=1S/C26H26N2O4/c1-16-8-6-9-21(12-16)28-17(2)13-20(18(28)3)14-23-24(26(30)31-5)19(4)27(25(23)29)15-22-10-7-11-32-22/h6-14H,15H2,1-5H3/b23-14-. The number of hydrogen-bond acceptors (Lipinski definition) is 4. The van der Waals surface area contributed by atoms with Crippen molar-refractivity contribution in [3.63, 3.8) is 0 Å². The lowest BCUT2D eigenvalue weighted by Gasteiger charge is -2.16. The normalized spacial score (nSPS) is 15.2. The fraction of sp³-hybridized carbons (Fsp3) is 0.231. The molecule has 1 aliphatic rings. The number of carbonyl (C=O) groups is 2. The van der Waals surface area contributed by atoms with Crippen molar-refractivity contribution in [2.75, 3.05) is 7.11 Å². The molecule has 0 atom stereocenters. The van der Waals surface area contributed by atoms with Gasteiger partial charge in [0.2, 0.25) is 0 Å². The summed E-state index contributed by atoms with van der Waals surface area (Å²) in [6.45, 7) is 8.10. The summed E-state index contributed by atoms with van der Waals surface area (Å²) in [7, 11) is 1.32. The summed E-state index contributed by atoms with van der Waals surface area (Å²) in [5.74, 6) is -0.142. The predicted molar refractivity (Wildman–Crippen MR) is 122 cm³/mol. The molecule has 6 heteroatoms. The molecule has 1 aliphatic heterocycles. The van der Waals surface area contributed by atoms with E-state index in [9.17, 15) is 9.59 Å². The van der Waals surface area contributed by atoms with E-state index < -0.39 is 5.97 Å². The number of amides is 1. The molecule has 1 amide bonds. The highest BCUT2D eigenvalue weighted by atomic mass is 16.5. The molecule has 4 rings (SSSR count). The van der Waals surface area contributed by atoms with Crippen LogP contribution in [-0.4, -0.2) is 28.5 Å². The third-order valence-electron chi connectivity index (χ3n) is 5.83. The summed E-state index contributed by atoms with van der Waals surface area (Å²) in [4.78, 5) is 27.5. The van der Waals surface area contributed by atoms with Crippen LogP contribution in [0.5, 0.6) is 0 Å². The minimum atomic E-state index is -0.531. The summed E-state index contributed by atoms with van der Waals surface area (Å²) in [6.07, 6.45) is 3.35. The van der Waals surface area contributed by atoms with Gasteiger partial charge in [0.1, 0.15) is 5.76 Å². The summed E-state index contributed by atoms with van der Waals surface area (Å²) in [6, 6.07) is 13.9. The first-order valence-electron chi connectivity index (χ1n) is 10.4. The van der Waals surface area contributed by atoms with Gasteiger partial charge in [0.15, 0.2) is 0 Å². The van der Waals surface area contributed by atoms with Crippen LogP contribution >= 0.6 is 0 Å². The smallest absolute Gasteiger partial charge is 0.340 e. The zero-order valence-electron chi connectivity index (χ0n) is 18.9. The Bertz CT molecular complexity index is 1260. The van der Waals surface area contributed by atoms with Crippen LogP contribution in [0, 0.1) is 20.8 Å². The monoisotopic (exact) mass is 430 g/mol. The third-order valence-corrected chi connectivity index (χ3v) is 5.83. The quantitative estimate of drug-likeness (QED) is 0.428. The molecular weight excluding hydrogens is 404 g/mol. The predicted octanol–water partition coefficient (Wildman–Crippen LogP) is 4.87. The molecule has 0 aliphatic carbocycles. The topological polar surface area (TPSA) is 64.7 Å². The summed E-state index contributed by atoms with van der Waals surface area (Å²) in [5, 5.41) is 0. The van der Waals surface area contributed by atoms with Crippen LogP contribution in [0.25, 0.3) is 11.8 Å². The number of carbonyl (C=O) groups excluding carboxylic acids is 2. The van der Waals surface area contributed by atoms with Gasteiger partial charge in [0.05, 0.1) is 31.1 Å². The van der Waals surface area contributed by atoms with Gasteiger partial charge in [0.25, 0.3) is 5.91 Å². The number of allylic oxidation sites excluding steroid dienone is 1. The van der Waals surface area contributed by atoms with Gasteiger partial charge >= 0.3 is 5.97 Å². The fourth-order valence-corrected chi connectivity index (χ4v) is 4.23. The number of aromatic nitrogens is 1. The molecule has 164 valence electrons. The zero-order valence-corrected chi connectivity index (χ0v) is 18.9. The number of rotatable bonds is 5. The molecule has 0 saturated carbocycles. The van der Waals surface area contributed by atoms with E-state index in [0.717, 1.165) is 22.6 Å². The van der Waals surface area contributed by atoms with E-state index in [0.29, 0.717) is 17.0 Å². The maximum Gasteiger partial charge on any atom is 0.340 e. The first-order valence-corrected chi connectivity index (χ1v) is 10.4. The van der Waals surface area contributed by atoms with E-state index in [4.69, 9.17) is 9.15 Å². The van der Waals surface area contributed by atoms with Gasteiger partial charge in [-0.25, -0.2) is 4.79 Å². The van der Waals surface area contributed by atoms with Crippen LogP contribution in [0.15, 0.2) is 70.0 Å². The number of aryl methyl sites for hydroxylation is 2. The van der Waals surface area contributed by atoms with Gasteiger partial charge in [0, 0.05) is 22.8 Å². The molecule has 2 aromatic heterocycles. The second-order valence-corrected chi connectivity index (χ2v) is 7.98. The molecule has 3 heterocycles. The molecule has 32 heavy (non-hydrogen) atoms. The maximum atomic E-state index is 13.4. The first-order chi connectivity index (χ1) is 15.3. The maximum absolute atomic E-state index is 13.4. The first kappa shape index (κ1) is 21.4. The van der Waals surface area contributed by atoms with E-state index in [2.05, 4.69) is 29.7 Å². The van der Waals surface area contributed by atoms with Crippen molar-refractivity contribution < 1.29 is 18.7 Å². The van der Waals surface area contributed by atoms with Crippen molar-refractivity contribution in [1.29, 1.82) is 0 Å². The summed E-state index contributed by atoms with van der Waals surface area (Å²) in [5.41, 5.74) is 6.29. The van der Waals surface area contributed by atoms with Crippen LogP contribution < -0.4 is 0 Å². The van der Waals surface area contributed by atoms with Gasteiger partial charge in [-0.2, -0.15) is 0 Å². The van der Waals surface area contributed by atoms with E-state index in [1.807, 2.05) is 26.0 Å². The van der Waals surface area contributed by atoms with Crippen molar-refractivity contribution in [3.8, 4) is 5.69 Å². The van der Waals surface area contributed by atoms with E-state index in [-0.39, 0.29) is 18.0 Å². The molecule has 0 N–H and O–H groups in total. The zero-order chi connectivity index (χ0) is 23.0. The second-order valence-electron chi connectivity index (χ2n) is 7.98. The molecule has 0 bridgehead atoms. The number of ether oxygens (including phenoxy) is 1. The Morgan fingerprint density at radius 3 is 2.53 bits per heavy atom. The molecule has 0 spiro atoms. The fourth-order valence-electron chi connectivity index (χ4n) is 4.23. The Labute approximate surface area is 187 Å². The van der Waals surface area contributed by atoms with Crippen LogP contribution in [0.2, 0.25) is 0 Å². The second kappa shape index (κ2) is 8.38. The lowest BCUT2D eigenvalue weighted by molar-refractivity contribution is -0.136. The largest absolute Gasteiger partial charge is 0.467 e. The minimum Gasteiger partial charge on any atom is -0.467 e. The van der Waals surface area contributed by atoms with Gasteiger partial charge < -0.3 is 18.6 Å². The molecule has 6 nitrogen and oxygen atoms in total. The Kier molecular flexibility index (Phi) is 5.61. The number of methoxy groups -OCH3 is 1. The van der Waals surface area contributed by atoms with Crippen molar-refractivity contribution in [2.24, 2.45) is 0 Å². The number of nitrogens with zero attached hydrogens (tertiary/aromatic N) is 2. The van der Waals surface area contributed by atoms with Crippen molar-refractivity contribution in [3.05, 3.63) is 93.8 Å². The molecule has 0 unspecified atom stereocenters. The molecule has 0 radical (unpaired) electrons. The lowest BCUT2D eigenvalue weighted by Crippen LogP contribution is -2.24. The Hall–Kier alpha value is -3.80. The highest BCUT2D eigenvalue weighted by molar-refractivity contribution is 6.16. The van der Waals surface area contributed by atoms with Crippen LogP contribution in [0.1, 0.15) is 35.2 Å². The molecule has 0 fully saturated rings. The number of furan rings is 1. The Balaban J connectivity index is 1.79. The molecule has 1 aromatic carbocycles. The van der Waals surface area contributed by atoms with E-state index in [1.54, 1.807) is 36.3 Å². The highest BCUT2D eigenvalue weighted by Gasteiger charge is 2.37. The average molecular weight is 431 g/mol. The number of benzene rings is 1. The molecular formula is C26H26N2O4. The number of esters is 1. The molecule has 0 saturated heterocycles. The van der Waals surface area contributed by atoms with Crippen LogP contribution in [0.3, 0.4) is 0 Å². The van der Waals surface area contributed by atoms with Gasteiger partial charge in [-0.1, -0.05) is 12.1 Å². The van der Waals surface area contributed by atoms with Crippen LogP contribution in [0.4, 0.5) is 0 Å². The van der Waals surface area contributed by atoms with Crippen molar-refractivity contribution in [1.82, 2.24) is 9.47 Å². The van der Waals surface area contributed by atoms with Crippen molar-refractivity contribution >= 4 is 18.0 Å².